The summed E-state index contributed by atoms with van der Waals surface area (Å²) in [5.41, 5.74) is -0.183. The molecule has 0 aliphatic carbocycles. The van der Waals surface area contributed by atoms with E-state index in [4.69, 9.17) is 4.74 Å². The van der Waals surface area contributed by atoms with Gasteiger partial charge < -0.3 is 9.64 Å². The van der Waals surface area contributed by atoms with Gasteiger partial charge in [-0.3, -0.25) is 0 Å². The molecule has 0 radical (unpaired) electrons. The lowest BCUT2D eigenvalue weighted by molar-refractivity contribution is -0.124. The average molecular weight is 360 g/mol. The number of hydrogen-bond donors (Lipinski definition) is 0. The molecule has 134 valence electrons. The molecule has 2 fully saturated rings. The highest BCUT2D eigenvalue weighted by molar-refractivity contribution is 7.89. The van der Waals surface area contributed by atoms with E-state index in [1.165, 1.54) is 0 Å². The number of rotatable bonds is 2. The summed E-state index contributed by atoms with van der Waals surface area (Å²) < 4.78 is 34.1. The molecule has 0 bridgehead atoms. The number of piperidine rings is 1. The van der Waals surface area contributed by atoms with Gasteiger partial charge in [-0.25, -0.2) is 8.42 Å². The normalized spacial score (nSPS) is 22.4. The Morgan fingerprint density at radius 2 is 1.72 bits per heavy atom. The lowest BCUT2D eigenvalue weighted by atomic mass is 9.90. The quantitative estimate of drug-likeness (QED) is 0.825. The highest BCUT2D eigenvalue weighted by Gasteiger charge is 2.41. The van der Waals surface area contributed by atoms with Crippen molar-refractivity contribution in [2.45, 2.75) is 23.3 Å². The molecule has 5 nitrogen and oxygen atoms in total. The van der Waals surface area contributed by atoms with E-state index in [0.717, 1.165) is 43.3 Å². The Bertz CT molecular complexity index is 868. The summed E-state index contributed by atoms with van der Waals surface area (Å²) in [5, 5.41) is 1.74. The number of likely N-dealkylation sites (N-methyl/N-ethyl adjacent to an activating group) is 1. The fourth-order valence-corrected chi connectivity index (χ4v) is 5.69. The van der Waals surface area contributed by atoms with Gasteiger partial charge in [0.1, 0.15) is 0 Å². The van der Waals surface area contributed by atoms with Gasteiger partial charge in [0.15, 0.2) is 0 Å². The second-order valence-electron chi connectivity index (χ2n) is 7.15. The number of benzene rings is 2. The van der Waals surface area contributed by atoms with Crippen LogP contribution in [0.15, 0.2) is 47.4 Å². The first-order valence-electron chi connectivity index (χ1n) is 8.81. The van der Waals surface area contributed by atoms with Gasteiger partial charge in [0.2, 0.25) is 10.0 Å². The van der Waals surface area contributed by atoms with Crippen LogP contribution in [0.3, 0.4) is 0 Å². The molecule has 0 aromatic heterocycles. The van der Waals surface area contributed by atoms with E-state index in [1.807, 2.05) is 36.4 Å². The maximum atomic E-state index is 13.2. The van der Waals surface area contributed by atoms with Crippen molar-refractivity contribution in [3.63, 3.8) is 0 Å². The molecule has 2 saturated heterocycles. The van der Waals surface area contributed by atoms with Crippen molar-refractivity contribution in [2.75, 3.05) is 39.8 Å². The molecular weight excluding hydrogens is 336 g/mol. The predicted molar refractivity (Wildman–Crippen MR) is 98.1 cm³/mol. The number of fused-ring (bicyclic) bond motifs is 1. The Morgan fingerprint density at radius 1 is 1.00 bits per heavy atom. The van der Waals surface area contributed by atoms with Crippen LogP contribution in [0.1, 0.15) is 12.8 Å². The summed E-state index contributed by atoms with van der Waals surface area (Å²) in [7, 11) is -1.39. The Morgan fingerprint density at radius 3 is 2.48 bits per heavy atom. The van der Waals surface area contributed by atoms with E-state index in [0.29, 0.717) is 18.0 Å². The number of hydrogen-bond acceptors (Lipinski definition) is 4. The van der Waals surface area contributed by atoms with E-state index < -0.39 is 10.0 Å². The number of morpholine rings is 1. The largest absolute Gasteiger partial charge is 0.372 e. The maximum Gasteiger partial charge on any atom is 0.243 e. The van der Waals surface area contributed by atoms with Crippen molar-refractivity contribution in [1.82, 2.24) is 9.21 Å². The van der Waals surface area contributed by atoms with Crippen LogP contribution in [0.4, 0.5) is 0 Å². The van der Waals surface area contributed by atoms with E-state index in [-0.39, 0.29) is 5.60 Å². The Hall–Kier alpha value is -1.47. The fourth-order valence-electron chi connectivity index (χ4n) is 4.03. The molecule has 2 aromatic carbocycles. The third kappa shape index (κ3) is 3.08. The average Bonchev–Trinajstić information content (AvgIpc) is 2.61. The highest BCUT2D eigenvalue weighted by Crippen LogP contribution is 2.33. The van der Waals surface area contributed by atoms with Gasteiger partial charge in [0, 0.05) is 31.6 Å². The second-order valence-corrected chi connectivity index (χ2v) is 9.06. The first kappa shape index (κ1) is 17.0. The lowest BCUT2D eigenvalue weighted by Gasteiger charge is -2.46. The molecular formula is C19H24N2O3S. The molecule has 2 aliphatic rings. The summed E-state index contributed by atoms with van der Waals surface area (Å²) >= 11 is 0. The predicted octanol–water partition coefficient (Wildman–Crippen LogP) is 2.33. The molecule has 25 heavy (non-hydrogen) atoms. The third-order valence-corrected chi connectivity index (χ3v) is 7.40. The van der Waals surface area contributed by atoms with Crippen molar-refractivity contribution in [3.8, 4) is 0 Å². The minimum atomic E-state index is -3.49. The molecule has 0 N–H and O–H groups in total. The Balaban J connectivity index is 1.59. The monoisotopic (exact) mass is 360 g/mol. The molecule has 0 unspecified atom stereocenters. The Labute approximate surface area is 149 Å². The highest BCUT2D eigenvalue weighted by atomic mass is 32.2. The molecule has 4 rings (SSSR count). The molecule has 2 heterocycles. The molecule has 0 saturated carbocycles. The van der Waals surface area contributed by atoms with Crippen LogP contribution in [0.25, 0.3) is 10.8 Å². The standard InChI is InChI=1S/C19H24N2O3S/c1-20-13-14-24-19(15-20)9-11-21(12-10-19)25(22,23)18-8-4-6-16-5-2-3-7-17(16)18/h2-8H,9-15H2,1H3. The van der Waals surface area contributed by atoms with Gasteiger partial charge in [0.25, 0.3) is 0 Å². The molecule has 2 aromatic rings. The van der Waals surface area contributed by atoms with Crippen LogP contribution >= 0.6 is 0 Å². The molecule has 1 spiro atoms. The van der Waals surface area contributed by atoms with Gasteiger partial charge in [-0.2, -0.15) is 4.31 Å². The number of ether oxygens (including phenoxy) is 1. The number of nitrogens with zero attached hydrogens (tertiary/aromatic N) is 2. The summed E-state index contributed by atoms with van der Waals surface area (Å²) in [6.45, 7) is 3.58. The molecule has 6 heteroatoms. The van der Waals surface area contributed by atoms with Gasteiger partial charge in [-0.15, -0.1) is 0 Å². The van der Waals surface area contributed by atoms with Crippen molar-refractivity contribution < 1.29 is 13.2 Å². The van der Waals surface area contributed by atoms with E-state index in [9.17, 15) is 8.42 Å². The van der Waals surface area contributed by atoms with Crippen LogP contribution in [-0.2, 0) is 14.8 Å². The van der Waals surface area contributed by atoms with Crippen molar-refractivity contribution in [1.29, 1.82) is 0 Å². The Kier molecular flexibility index (Phi) is 4.32. The van der Waals surface area contributed by atoms with Crippen LogP contribution in [0.2, 0.25) is 0 Å². The summed E-state index contributed by atoms with van der Waals surface area (Å²) in [6, 6.07) is 13.1. The van der Waals surface area contributed by atoms with E-state index in [1.54, 1.807) is 10.4 Å². The molecule has 2 aliphatic heterocycles. The molecule has 0 atom stereocenters. The van der Waals surface area contributed by atoms with Gasteiger partial charge in [-0.1, -0.05) is 36.4 Å². The zero-order chi connectivity index (χ0) is 17.5. The topological polar surface area (TPSA) is 49.9 Å². The maximum absolute atomic E-state index is 13.2. The number of sulfonamides is 1. The minimum Gasteiger partial charge on any atom is -0.372 e. The van der Waals surface area contributed by atoms with Gasteiger partial charge in [-0.05, 0) is 31.3 Å². The van der Waals surface area contributed by atoms with Crippen LogP contribution in [-0.4, -0.2) is 63.1 Å². The van der Waals surface area contributed by atoms with E-state index in [2.05, 4.69) is 11.9 Å². The third-order valence-electron chi connectivity index (χ3n) is 5.44. The van der Waals surface area contributed by atoms with Crippen LogP contribution in [0, 0.1) is 0 Å². The van der Waals surface area contributed by atoms with Crippen molar-refractivity contribution >= 4 is 20.8 Å². The minimum absolute atomic E-state index is 0.183. The van der Waals surface area contributed by atoms with Crippen LogP contribution < -0.4 is 0 Å². The summed E-state index contributed by atoms with van der Waals surface area (Å²) in [4.78, 5) is 2.68. The SMILES string of the molecule is CN1CCOC2(CCN(S(=O)(=O)c3cccc4ccccc34)CC2)C1. The zero-order valence-corrected chi connectivity index (χ0v) is 15.3. The fraction of sp³-hybridized carbons (Fsp3) is 0.474. The first-order chi connectivity index (χ1) is 12.0. The van der Waals surface area contributed by atoms with Crippen molar-refractivity contribution in [2.24, 2.45) is 0 Å². The zero-order valence-electron chi connectivity index (χ0n) is 14.5. The lowest BCUT2D eigenvalue weighted by Crippen LogP contribution is -2.56. The summed E-state index contributed by atoms with van der Waals surface area (Å²) in [6.07, 6.45) is 1.50. The van der Waals surface area contributed by atoms with Crippen LogP contribution in [0.5, 0.6) is 0 Å². The van der Waals surface area contributed by atoms with Crippen molar-refractivity contribution in [3.05, 3.63) is 42.5 Å². The molecule has 0 amide bonds. The van der Waals surface area contributed by atoms with Gasteiger partial charge in [0.05, 0.1) is 17.1 Å². The second kappa shape index (κ2) is 6.36. The first-order valence-corrected chi connectivity index (χ1v) is 10.2. The smallest absolute Gasteiger partial charge is 0.243 e. The summed E-state index contributed by atoms with van der Waals surface area (Å²) in [5.74, 6) is 0. The van der Waals surface area contributed by atoms with E-state index >= 15 is 0 Å². The van der Waals surface area contributed by atoms with Gasteiger partial charge >= 0.3 is 0 Å².